The number of rotatable bonds is 2. The van der Waals surface area contributed by atoms with E-state index >= 15 is 0 Å². The summed E-state index contributed by atoms with van der Waals surface area (Å²) in [6.45, 7) is 0. The summed E-state index contributed by atoms with van der Waals surface area (Å²) in [6.07, 6.45) is 2.09. The highest BCUT2D eigenvalue weighted by atomic mass is 32.2. The van der Waals surface area contributed by atoms with Crippen molar-refractivity contribution in [2.24, 2.45) is 0 Å². The van der Waals surface area contributed by atoms with Crippen LogP contribution in [0.4, 0.5) is 0 Å². The average molecular weight is 189 g/mol. The van der Waals surface area contributed by atoms with Gasteiger partial charge in [0.25, 0.3) is 0 Å². The Labute approximate surface area is 82.2 Å². The van der Waals surface area contributed by atoms with Gasteiger partial charge in [-0.3, -0.25) is 4.98 Å². The van der Waals surface area contributed by atoms with Gasteiger partial charge in [0.15, 0.2) is 0 Å². The van der Waals surface area contributed by atoms with Crippen molar-refractivity contribution in [1.82, 2.24) is 4.98 Å². The molecule has 0 aliphatic carbocycles. The second-order valence-electron chi connectivity index (χ2n) is 2.93. The Balaban J connectivity index is 2.49. The van der Waals surface area contributed by atoms with E-state index in [9.17, 15) is 0 Å². The first-order valence-electron chi connectivity index (χ1n) is 4.24. The second kappa shape index (κ2) is 3.79. The van der Waals surface area contributed by atoms with Crippen LogP contribution in [0.5, 0.6) is 0 Å². The number of aromatic nitrogens is 1. The molecule has 13 heavy (non-hydrogen) atoms. The van der Waals surface area contributed by atoms with Gasteiger partial charge in [0.1, 0.15) is 0 Å². The number of thioether (sulfide) groups is 1. The van der Waals surface area contributed by atoms with Gasteiger partial charge in [-0.15, -0.1) is 0 Å². The van der Waals surface area contributed by atoms with E-state index in [1.165, 1.54) is 5.39 Å². The lowest BCUT2D eigenvalue weighted by Crippen LogP contribution is -1.86. The molecule has 0 bridgehead atoms. The number of para-hydroxylation sites is 1. The third-order valence-corrected chi connectivity index (χ3v) is 2.53. The van der Waals surface area contributed by atoms with Crippen molar-refractivity contribution in [3.63, 3.8) is 0 Å². The van der Waals surface area contributed by atoms with E-state index in [-0.39, 0.29) is 0 Å². The predicted molar refractivity (Wildman–Crippen MR) is 59.0 cm³/mol. The summed E-state index contributed by atoms with van der Waals surface area (Å²) < 4.78 is 0. The molecule has 0 N–H and O–H groups in total. The highest BCUT2D eigenvalue weighted by Crippen LogP contribution is 2.14. The maximum absolute atomic E-state index is 4.54. The summed E-state index contributed by atoms with van der Waals surface area (Å²) in [7, 11) is 0. The van der Waals surface area contributed by atoms with Gasteiger partial charge >= 0.3 is 0 Å². The Morgan fingerprint density at radius 1 is 1.15 bits per heavy atom. The fourth-order valence-corrected chi connectivity index (χ4v) is 1.79. The van der Waals surface area contributed by atoms with Crippen molar-refractivity contribution in [2.75, 3.05) is 6.26 Å². The monoisotopic (exact) mass is 189 g/mol. The molecule has 0 amide bonds. The normalized spacial score (nSPS) is 10.5. The molecule has 1 aromatic carbocycles. The van der Waals surface area contributed by atoms with Crippen LogP contribution < -0.4 is 0 Å². The summed E-state index contributed by atoms with van der Waals surface area (Å²) in [5.74, 6) is 0.991. The van der Waals surface area contributed by atoms with E-state index < -0.39 is 0 Å². The van der Waals surface area contributed by atoms with Crippen molar-refractivity contribution in [2.45, 2.75) is 5.75 Å². The van der Waals surface area contributed by atoms with Gasteiger partial charge in [-0.25, -0.2) is 0 Å². The lowest BCUT2D eigenvalue weighted by Gasteiger charge is -2.00. The van der Waals surface area contributed by atoms with Crippen LogP contribution in [0.2, 0.25) is 0 Å². The molecule has 0 saturated carbocycles. The zero-order valence-corrected chi connectivity index (χ0v) is 8.34. The first-order chi connectivity index (χ1) is 6.40. The van der Waals surface area contributed by atoms with Gasteiger partial charge < -0.3 is 0 Å². The Hall–Kier alpha value is -1.02. The number of fused-ring (bicyclic) bond motifs is 1. The van der Waals surface area contributed by atoms with Crippen molar-refractivity contribution in [3.8, 4) is 0 Å². The maximum Gasteiger partial charge on any atom is 0.0705 e. The SMILES string of the molecule is CSCc1ccc2ccccc2n1. The fourth-order valence-electron chi connectivity index (χ4n) is 1.34. The number of hydrogen-bond acceptors (Lipinski definition) is 2. The molecule has 0 aliphatic heterocycles. The van der Waals surface area contributed by atoms with Crippen LogP contribution in [0, 0.1) is 0 Å². The van der Waals surface area contributed by atoms with E-state index in [2.05, 4.69) is 35.5 Å². The Kier molecular flexibility index (Phi) is 2.50. The molecule has 2 rings (SSSR count). The van der Waals surface area contributed by atoms with E-state index in [1.54, 1.807) is 11.8 Å². The van der Waals surface area contributed by atoms with Crippen LogP contribution in [0.3, 0.4) is 0 Å². The molecule has 2 aromatic rings. The molecule has 0 fully saturated rings. The number of nitrogens with zero attached hydrogens (tertiary/aromatic N) is 1. The summed E-state index contributed by atoms with van der Waals surface area (Å²) >= 11 is 1.80. The molecule has 0 spiro atoms. The Bertz CT molecular complexity index is 412. The Morgan fingerprint density at radius 2 is 2.00 bits per heavy atom. The highest BCUT2D eigenvalue weighted by molar-refractivity contribution is 7.97. The molecular formula is C11H11NS. The standard InChI is InChI=1S/C11H11NS/c1-13-8-10-7-6-9-4-2-3-5-11(9)12-10/h2-7H,8H2,1H3. The summed E-state index contributed by atoms with van der Waals surface area (Å²) in [4.78, 5) is 4.54. The first-order valence-corrected chi connectivity index (χ1v) is 5.63. The quantitative estimate of drug-likeness (QED) is 0.720. The van der Waals surface area contributed by atoms with Crippen molar-refractivity contribution in [3.05, 3.63) is 42.1 Å². The van der Waals surface area contributed by atoms with Crippen molar-refractivity contribution in [1.29, 1.82) is 0 Å². The highest BCUT2D eigenvalue weighted by Gasteiger charge is 1.95. The molecule has 0 unspecified atom stereocenters. The summed E-state index contributed by atoms with van der Waals surface area (Å²) in [5, 5.41) is 1.22. The van der Waals surface area contributed by atoms with E-state index in [0.717, 1.165) is 17.0 Å². The van der Waals surface area contributed by atoms with Crippen molar-refractivity contribution < 1.29 is 0 Å². The summed E-state index contributed by atoms with van der Waals surface area (Å²) in [6, 6.07) is 12.4. The average Bonchev–Trinajstić information content (AvgIpc) is 2.18. The van der Waals surface area contributed by atoms with Gasteiger partial charge in [-0.1, -0.05) is 24.3 Å². The van der Waals surface area contributed by atoms with Crippen LogP contribution in [0.15, 0.2) is 36.4 Å². The molecule has 1 aromatic heterocycles. The Morgan fingerprint density at radius 3 is 2.85 bits per heavy atom. The smallest absolute Gasteiger partial charge is 0.0705 e. The fraction of sp³-hybridized carbons (Fsp3) is 0.182. The van der Waals surface area contributed by atoms with Crippen LogP contribution in [0.25, 0.3) is 10.9 Å². The van der Waals surface area contributed by atoms with Crippen LogP contribution in [-0.2, 0) is 5.75 Å². The third kappa shape index (κ3) is 1.83. The lowest BCUT2D eigenvalue weighted by molar-refractivity contribution is 1.23. The van der Waals surface area contributed by atoms with Gasteiger partial charge in [0, 0.05) is 11.1 Å². The van der Waals surface area contributed by atoms with Crippen LogP contribution in [-0.4, -0.2) is 11.2 Å². The minimum atomic E-state index is 0.991. The molecule has 66 valence electrons. The van der Waals surface area contributed by atoms with Gasteiger partial charge in [0.05, 0.1) is 11.2 Å². The van der Waals surface area contributed by atoms with Crippen LogP contribution >= 0.6 is 11.8 Å². The van der Waals surface area contributed by atoms with Gasteiger partial charge in [-0.2, -0.15) is 11.8 Å². The van der Waals surface area contributed by atoms with Crippen LogP contribution in [0.1, 0.15) is 5.69 Å². The zero-order valence-electron chi connectivity index (χ0n) is 7.53. The molecule has 0 radical (unpaired) electrons. The molecule has 0 aliphatic rings. The molecule has 1 nitrogen and oxygen atoms in total. The largest absolute Gasteiger partial charge is 0.252 e. The number of benzene rings is 1. The van der Waals surface area contributed by atoms with E-state index in [1.807, 2.05) is 12.1 Å². The third-order valence-electron chi connectivity index (χ3n) is 1.95. The molecule has 0 atom stereocenters. The first kappa shape index (κ1) is 8.57. The second-order valence-corrected chi connectivity index (χ2v) is 3.79. The molecule has 1 heterocycles. The van der Waals surface area contributed by atoms with Gasteiger partial charge in [-0.05, 0) is 18.4 Å². The van der Waals surface area contributed by atoms with Gasteiger partial charge in [0.2, 0.25) is 0 Å². The topological polar surface area (TPSA) is 12.9 Å². The van der Waals surface area contributed by atoms with Crippen molar-refractivity contribution >= 4 is 22.7 Å². The summed E-state index contributed by atoms with van der Waals surface area (Å²) in [5.41, 5.74) is 2.25. The molecule has 0 saturated heterocycles. The molecule has 2 heteroatoms. The number of hydrogen-bond donors (Lipinski definition) is 0. The predicted octanol–water partition coefficient (Wildman–Crippen LogP) is 3.10. The van der Waals surface area contributed by atoms with E-state index in [4.69, 9.17) is 0 Å². The molecular weight excluding hydrogens is 178 g/mol. The van der Waals surface area contributed by atoms with E-state index in [0.29, 0.717) is 0 Å². The number of pyridine rings is 1. The lowest BCUT2D eigenvalue weighted by atomic mass is 10.2. The minimum Gasteiger partial charge on any atom is -0.252 e. The minimum absolute atomic E-state index is 0.991. The maximum atomic E-state index is 4.54. The zero-order chi connectivity index (χ0) is 9.10.